The van der Waals surface area contributed by atoms with Crippen molar-refractivity contribution in [3.05, 3.63) is 265 Å². The van der Waals surface area contributed by atoms with Gasteiger partial charge in [0, 0.05) is 10.8 Å². The fourth-order valence-electron chi connectivity index (χ4n) is 9.93. The van der Waals surface area contributed by atoms with Gasteiger partial charge < -0.3 is 9.80 Å². The minimum absolute atomic E-state index is 0.113. The Bertz CT molecular complexity index is 3720. The molecule has 0 saturated carbocycles. The van der Waals surface area contributed by atoms with Gasteiger partial charge in [0.1, 0.15) is 34.9 Å². The van der Waals surface area contributed by atoms with Crippen LogP contribution >= 0.6 is 0 Å². The van der Waals surface area contributed by atoms with Crippen molar-refractivity contribution in [1.29, 1.82) is 0 Å². The summed E-state index contributed by atoms with van der Waals surface area (Å²) in [5.41, 5.74) is 7.90. The summed E-state index contributed by atoms with van der Waals surface area (Å²) in [7, 11) is 0. The van der Waals surface area contributed by atoms with E-state index in [0.717, 1.165) is 54.9 Å². The highest BCUT2D eigenvalue weighted by Gasteiger charge is 2.27. The monoisotopic (exact) mass is 948 g/mol. The van der Waals surface area contributed by atoms with Crippen molar-refractivity contribution in [2.24, 2.45) is 0 Å². The van der Waals surface area contributed by atoms with Gasteiger partial charge in [0.15, 0.2) is 0 Å². The number of halogens is 6. The van der Waals surface area contributed by atoms with E-state index in [1.54, 1.807) is 94.7 Å². The first-order valence-corrected chi connectivity index (χ1v) is 23.3. The molecule has 12 aromatic rings. The van der Waals surface area contributed by atoms with E-state index in [-0.39, 0.29) is 34.4 Å². The standard InChI is InChI=1S/C64H38F6N2/c65-49-27-17-41(18-28-49)39-9-13-43(14-10-39)47-23-33-55(69)61(37-47)71(59-7-3-1-5-53(59)67)57-35-25-45-22-32-52-58(36-26-46-21-31-51(57)63(45)64(46)52)72(60-8-4-2-6-54(60)68)62-38-48(24-34-56(62)70)44-15-11-40(12-16-44)42-19-29-50(66)30-20-42/h1-38H. The molecule has 0 aromatic heterocycles. The molecule has 0 aliphatic carbocycles. The minimum Gasteiger partial charge on any atom is -0.304 e. The van der Waals surface area contributed by atoms with Gasteiger partial charge in [-0.15, -0.1) is 0 Å². The quantitative estimate of drug-likeness (QED) is 0.0996. The highest BCUT2D eigenvalue weighted by atomic mass is 19.1. The molecule has 0 fully saturated rings. The van der Waals surface area contributed by atoms with Gasteiger partial charge >= 0.3 is 0 Å². The summed E-state index contributed by atoms with van der Waals surface area (Å²) < 4.78 is 93.3. The fourth-order valence-corrected chi connectivity index (χ4v) is 9.93. The molecule has 0 aliphatic rings. The zero-order valence-corrected chi connectivity index (χ0v) is 38.1. The van der Waals surface area contributed by atoms with Crippen molar-refractivity contribution in [3.8, 4) is 44.5 Å². The van der Waals surface area contributed by atoms with E-state index in [1.807, 2.05) is 97.1 Å². The van der Waals surface area contributed by atoms with Crippen LogP contribution in [0.5, 0.6) is 0 Å². The van der Waals surface area contributed by atoms with E-state index < -0.39 is 23.3 Å². The Morgan fingerprint density at radius 2 is 0.514 bits per heavy atom. The lowest BCUT2D eigenvalue weighted by Crippen LogP contribution is -2.14. The predicted octanol–water partition coefficient (Wildman–Crippen LogP) is 19.0. The first-order chi connectivity index (χ1) is 35.2. The van der Waals surface area contributed by atoms with Crippen LogP contribution in [0.25, 0.3) is 76.8 Å². The topological polar surface area (TPSA) is 6.48 Å². The summed E-state index contributed by atoms with van der Waals surface area (Å²) in [5, 5.41) is 4.67. The number of hydrogen-bond donors (Lipinski definition) is 0. The first kappa shape index (κ1) is 44.1. The Morgan fingerprint density at radius 3 is 0.875 bits per heavy atom. The van der Waals surface area contributed by atoms with Gasteiger partial charge in [-0.2, -0.15) is 0 Å². The van der Waals surface area contributed by atoms with Crippen LogP contribution in [-0.2, 0) is 0 Å². The van der Waals surface area contributed by atoms with Gasteiger partial charge in [0.05, 0.1) is 34.1 Å². The lowest BCUT2D eigenvalue weighted by atomic mass is 9.91. The smallest absolute Gasteiger partial charge is 0.147 e. The third-order valence-electron chi connectivity index (χ3n) is 13.5. The fraction of sp³-hybridized carbons (Fsp3) is 0. The number of rotatable bonds is 10. The van der Waals surface area contributed by atoms with Crippen molar-refractivity contribution in [2.75, 3.05) is 9.80 Å². The molecule has 0 spiro atoms. The zero-order valence-electron chi connectivity index (χ0n) is 38.1. The Labute approximate surface area is 410 Å². The van der Waals surface area contributed by atoms with Gasteiger partial charge in [-0.1, -0.05) is 146 Å². The van der Waals surface area contributed by atoms with Crippen LogP contribution in [0.4, 0.5) is 60.5 Å². The van der Waals surface area contributed by atoms with Gasteiger partial charge in [0.2, 0.25) is 0 Å². The predicted molar refractivity (Wildman–Crippen MR) is 281 cm³/mol. The molecule has 12 aromatic carbocycles. The molecule has 12 rings (SSSR count). The van der Waals surface area contributed by atoms with E-state index in [0.29, 0.717) is 33.3 Å². The normalized spacial score (nSPS) is 11.5. The molecule has 0 radical (unpaired) electrons. The average molecular weight is 949 g/mol. The number of nitrogens with zero attached hydrogens (tertiary/aromatic N) is 2. The molecule has 346 valence electrons. The molecule has 0 N–H and O–H groups in total. The maximum atomic E-state index is 16.6. The van der Waals surface area contributed by atoms with Crippen LogP contribution in [0.1, 0.15) is 0 Å². The van der Waals surface area contributed by atoms with E-state index in [1.165, 1.54) is 48.5 Å². The molecular weight excluding hydrogens is 911 g/mol. The summed E-state index contributed by atoms with van der Waals surface area (Å²) in [6.07, 6.45) is 0. The van der Waals surface area contributed by atoms with Crippen LogP contribution in [0.3, 0.4) is 0 Å². The number of hydrogen-bond acceptors (Lipinski definition) is 2. The van der Waals surface area contributed by atoms with Crippen molar-refractivity contribution < 1.29 is 26.3 Å². The Morgan fingerprint density at radius 1 is 0.222 bits per heavy atom. The largest absolute Gasteiger partial charge is 0.304 e. The number of para-hydroxylation sites is 2. The molecule has 8 heteroatoms. The summed E-state index contributed by atoms with van der Waals surface area (Å²) >= 11 is 0. The van der Waals surface area contributed by atoms with Gasteiger partial charge in [-0.05, 0) is 151 Å². The van der Waals surface area contributed by atoms with Crippen LogP contribution in [0.2, 0.25) is 0 Å². The molecule has 0 atom stereocenters. The van der Waals surface area contributed by atoms with E-state index >= 15 is 17.6 Å². The van der Waals surface area contributed by atoms with E-state index in [9.17, 15) is 8.78 Å². The molecule has 0 bridgehead atoms. The summed E-state index contributed by atoms with van der Waals surface area (Å²) in [6.45, 7) is 0. The molecular formula is C64H38F6N2. The minimum atomic E-state index is -0.577. The number of benzene rings is 12. The second kappa shape index (κ2) is 18.0. The lowest BCUT2D eigenvalue weighted by molar-refractivity contribution is 0.619. The van der Waals surface area contributed by atoms with Crippen LogP contribution in [0, 0.1) is 34.9 Å². The molecule has 72 heavy (non-hydrogen) atoms. The average Bonchev–Trinajstić information content (AvgIpc) is 3.41. The summed E-state index contributed by atoms with van der Waals surface area (Å²) in [5.74, 6) is -2.93. The van der Waals surface area contributed by atoms with Crippen LogP contribution < -0.4 is 9.80 Å². The maximum Gasteiger partial charge on any atom is 0.147 e. The second-order valence-corrected chi connectivity index (χ2v) is 17.7. The third kappa shape index (κ3) is 7.83. The van der Waals surface area contributed by atoms with Crippen molar-refractivity contribution >= 4 is 66.4 Å². The van der Waals surface area contributed by atoms with Gasteiger partial charge in [-0.3, -0.25) is 0 Å². The Hall–Kier alpha value is -9.14. The first-order valence-electron chi connectivity index (χ1n) is 23.3. The van der Waals surface area contributed by atoms with Crippen molar-refractivity contribution in [3.63, 3.8) is 0 Å². The highest BCUT2D eigenvalue weighted by molar-refractivity contribution is 6.28. The maximum absolute atomic E-state index is 16.6. The molecule has 0 heterocycles. The van der Waals surface area contributed by atoms with Gasteiger partial charge in [0.25, 0.3) is 0 Å². The molecule has 0 saturated heterocycles. The Kier molecular flexibility index (Phi) is 11.0. The van der Waals surface area contributed by atoms with Crippen LogP contribution in [0.15, 0.2) is 231 Å². The molecule has 0 aliphatic heterocycles. The van der Waals surface area contributed by atoms with Crippen LogP contribution in [-0.4, -0.2) is 0 Å². The van der Waals surface area contributed by atoms with Gasteiger partial charge in [-0.25, -0.2) is 26.3 Å². The summed E-state index contributed by atoms with van der Waals surface area (Å²) in [4.78, 5) is 3.21. The number of anilines is 6. The van der Waals surface area contributed by atoms with Crippen molar-refractivity contribution in [2.45, 2.75) is 0 Å². The molecule has 0 amide bonds. The lowest BCUT2D eigenvalue weighted by Gasteiger charge is -2.30. The Balaban J connectivity index is 1.01. The SMILES string of the molecule is Fc1ccc(-c2ccc(-c3ccc(F)c(N(c4ccccc4F)c4ccc5ccc6c(N(c7ccccc7F)c7cc(-c8ccc(-c9ccc(F)cc9)cc8)ccc7F)ccc7ccc4c5c76)c3)cc2)cc1. The van der Waals surface area contributed by atoms with E-state index in [4.69, 9.17) is 0 Å². The molecule has 2 nitrogen and oxygen atoms in total. The summed E-state index contributed by atoms with van der Waals surface area (Å²) in [6, 6.07) is 65.2. The highest BCUT2D eigenvalue weighted by Crippen LogP contribution is 2.49. The zero-order chi connectivity index (χ0) is 49.0. The third-order valence-corrected chi connectivity index (χ3v) is 13.5. The van der Waals surface area contributed by atoms with E-state index in [2.05, 4.69) is 0 Å². The second-order valence-electron chi connectivity index (χ2n) is 17.7. The molecule has 0 unspecified atom stereocenters. The van der Waals surface area contributed by atoms with Crippen molar-refractivity contribution in [1.82, 2.24) is 0 Å².